The van der Waals surface area contributed by atoms with E-state index in [0.717, 1.165) is 34.3 Å². The van der Waals surface area contributed by atoms with Crippen LogP contribution in [0.15, 0.2) is 66.7 Å². The number of nitrogens with one attached hydrogen (secondary N) is 2. The zero-order valence-corrected chi connectivity index (χ0v) is 19.4. The Bertz CT molecular complexity index is 1310. The fourth-order valence-corrected chi connectivity index (χ4v) is 3.83. The summed E-state index contributed by atoms with van der Waals surface area (Å²) in [5.41, 5.74) is 9.42. The van der Waals surface area contributed by atoms with Crippen molar-refractivity contribution in [2.75, 3.05) is 24.7 Å². The molecule has 8 heteroatoms. The summed E-state index contributed by atoms with van der Waals surface area (Å²) in [6.45, 7) is 1.04. The smallest absolute Gasteiger partial charge is 0.257 e. The number of nitrogens with two attached hydrogens (primary N) is 1. The predicted molar refractivity (Wildman–Crippen MR) is 137 cm³/mol. The molecule has 0 saturated heterocycles. The minimum absolute atomic E-state index is 0.199. The summed E-state index contributed by atoms with van der Waals surface area (Å²) in [6.07, 6.45) is 5.90. The highest BCUT2D eigenvalue weighted by Gasteiger charge is 2.10. The Labute approximate surface area is 202 Å². The summed E-state index contributed by atoms with van der Waals surface area (Å²) in [7, 11) is 1.91. The van der Waals surface area contributed by atoms with Crippen LogP contribution in [-0.4, -0.2) is 30.8 Å². The summed E-state index contributed by atoms with van der Waals surface area (Å²) >= 11 is 1.34. The second kappa shape index (κ2) is 12.2. The third kappa shape index (κ3) is 6.65. The van der Waals surface area contributed by atoms with Crippen LogP contribution in [-0.2, 0) is 6.54 Å². The first kappa shape index (κ1) is 24.5. The van der Waals surface area contributed by atoms with Gasteiger partial charge in [0.25, 0.3) is 5.91 Å². The molecule has 4 N–H and O–H groups in total. The molecule has 0 aliphatic carbocycles. The second-order valence-corrected chi connectivity index (χ2v) is 8.10. The number of rotatable bonds is 7. The van der Waals surface area contributed by atoms with E-state index in [1.807, 2.05) is 43.4 Å². The standard InChI is InChI=1S/C18H12N2O3S.C8H12N2/c1-2-9-23-14-7-8-15-16(10-14)24-18(19-15)20-17(22)13-5-3-12(11-21)4-6-13;1-10-6-7-4-2-3-5-8(7)9/h1,3-8,10-11H,9H2,(H,19,20,22);2-5,10H,6,9H2,1H3. The number of terminal acetylenes is 1. The molecule has 0 aliphatic heterocycles. The fourth-order valence-electron chi connectivity index (χ4n) is 2.94. The summed E-state index contributed by atoms with van der Waals surface area (Å²) in [6, 6.07) is 19.7. The van der Waals surface area contributed by atoms with Crippen molar-refractivity contribution >= 4 is 44.6 Å². The number of thiazole rings is 1. The van der Waals surface area contributed by atoms with Gasteiger partial charge in [0, 0.05) is 23.4 Å². The topological polar surface area (TPSA) is 106 Å². The number of carbonyl (C=O) groups excluding carboxylic acids is 2. The van der Waals surface area contributed by atoms with Crippen LogP contribution in [0.4, 0.5) is 10.8 Å². The number of aromatic nitrogens is 1. The van der Waals surface area contributed by atoms with E-state index >= 15 is 0 Å². The van der Waals surface area contributed by atoms with Gasteiger partial charge in [-0.15, -0.1) is 6.42 Å². The Morgan fingerprint density at radius 2 is 1.94 bits per heavy atom. The van der Waals surface area contributed by atoms with Gasteiger partial charge in [-0.25, -0.2) is 4.98 Å². The third-order valence-corrected chi connectivity index (χ3v) is 5.57. The van der Waals surface area contributed by atoms with Gasteiger partial charge >= 0.3 is 0 Å². The van der Waals surface area contributed by atoms with Crippen LogP contribution < -0.4 is 21.1 Å². The van der Waals surface area contributed by atoms with Gasteiger partial charge in [0.1, 0.15) is 18.6 Å². The number of benzene rings is 3. The molecule has 34 heavy (non-hydrogen) atoms. The van der Waals surface area contributed by atoms with Crippen molar-refractivity contribution in [1.82, 2.24) is 10.3 Å². The van der Waals surface area contributed by atoms with Crippen molar-refractivity contribution in [2.45, 2.75) is 6.54 Å². The van der Waals surface area contributed by atoms with Crippen molar-refractivity contribution in [1.29, 1.82) is 0 Å². The molecule has 3 aromatic carbocycles. The van der Waals surface area contributed by atoms with Crippen molar-refractivity contribution in [3.63, 3.8) is 0 Å². The van der Waals surface area contributed by atoms with Gasteiger partial charge in [0.2, 0.25) is 0 Å². The SMILES string of the molecule is C#CCOc1ccc2nc(NC(=O)c3ccc(C=O)cc3)sc2c1.CNCc1ccccc1N. The minimum atomic E-state index is -0.282. The molecule has 0 radical (unpaired) electrons. The quantitative estimate of drug-likeness (QED) is 0.210. The van der Waals surface area contributed by atoms with Crippen molar-refractivity contribution < 1.29 is 14.3 Å². The number of carbonyl (C=O) groups is 2. The van der Waals surface area contributed by atoms with Crippen LogP contribution in [0.1, 0.15) is 26.3 Å². The van der Waals surface area contributed by atoms with Crippen LogP contribution in [0.25, 0.3) is 10.2 Å². The van der Waals surface area contributed by atoms with Crippen molar-refractivity contribution in [2.24, 2.45) is 0 Å². The van der Waals surface area contributed by atoms with E-state index in [1.54, 1.807) is 30.3 Å². The number of anilines is 2. The van der Waals surface area contributed by atoms with Gasteiger partial charge in [-0.1, -0.05) is 47.6 Å². The number of nitrogen functional groups attached to an aromatic ring is 1. The normalized spacial score (nSPS) is 10.0. The molecule has 1 heterocycles. The van der Waals surface area contributed by atoms with Crippen LogP contribution in [0.3, 0.4) is 0 Å². The maximum atomic E-state index is 12.2. The average molecular weight is 473 g/mol. The Hall–Kier alpha value is -4.19. The van der Waals surface area contributed by atoms with E-state index < -0.39 is 0 Å². The molecule has 4 rings (SSSR count). The van der Waals surface area contributed by atoms with E-state index in [9.17, 15) is 9.59 Å². The molecule has 0 aliphatic rings. The zero-order chi connectivity index (χ0) is 24.3. The first-order valence-corrected chi connectivity index (χ1v) is 11.2. The highest BCUT2D eigenvalue weighted by Crippen LogP contribution is 2.29. The molecule has 7 nitrogen and oxygen atoms in total. The first-order chi connectivity index (χ1) is 16.5. The van der Waals surface area contributed by atoms with Crippen LogP contribution in [0.2, 0.25) is 0 Å². The number of aldehydes is 1. The molecular weight excluding hydrogens is 448 g/mol. The number of ether oxygens (including phenoxy) is 1. The summed E-state index contributed by atoms with van der Waals surface area (Å²) in [5.74, 6) is 2.79. The van der Waals surface area contributed by atoms with Gasteiger partial charge in [-0.2, -0.15) is 0 Å². The molecule has 0 unspecified atom stereocenters. The van der Waals surface area contributed by atoms with Crippen LogP contribution >= 0.6 is 11.3 Å². The summed E-state index contributed by atoms with van der Waals surface area (Å²) < 4.78 is 6.26. The summed E-state index contributed by atoms with van der Waals surface area (Å²) in [4.78, 5) is 27.2. The lowest BCUT2D eigenvalue weighted by atomic mass is 10.1. The highest BCUT2D eigenvalue weighted by molar-refractivity contribution is 7.22. The monoisotopic (exact) mass is 472 g/mol. The molecule has 172 valence electrons. The lowest BCUT2D eigenvalue weighted by Gasteiger charge is -2.02. The van der Waals surface area contributed by atoms with E-state index in [-0.39, 0.29) is 12.5 Å². The Morgan fingerprint density at radius 3 is 2.62 bits per heavy atom. The molecular formula is C26H24N4O3S. The molecule has 0 fully saturated rings. The highest BCUT2D eigenvalue weighted by atomic mass is 32.1. The Balaban J connectivity index is 0.000000271. The zero-order valence-electron chi connectivity index (χ0n) is 18.6. The molecule has 4 aromatic rings. The van der Waals surface area contributed by atoms with Crippen LogP contribution in [0, 0.1) is 12.3 Å². The number of hydrogen-bond donors (Lipinski definition) is 3. The maximum Gasteiger partial charge on any atom is 0.257 e. The van der Waals surface area contributed by atoms with Crippen molar-refractivity contribution in [3.8, 4) is 18.1 Å². The lowest BCUT2D eigenvalue weighted by molar-refractivity contribution is 0.102. The predicted octanol–water partition coefficient (Wildman–Crippen LogP) is 4.36. The van der Waals surface area contributed by atoms with E-state index in [2.05, 4.69) is 21.5 Å². The lowest BCUT2D eigenvalue weighted by Crippen LogP contribution is -2.11. The van der Waals surface area contributed by atoms with Gasteiger partial charge < -0.3 is 15.8 Å². The fraction of sp³-hybridized carbons (Fsp3) is 0.115. The van der Waals surface area contributed by atoms with Gasteiger partial charge in [-0.3, -0.25) is 14.9 Å². The average Bonchev–Trinajstić information content (AvgIpc) is 3.26. The molecule has 1 amide bonds. The molecule has 1 aromatic heterocycles. The van der Waals surface area contributed by atoms with Crippen molar-refractivity contribution in [3.05, 3.63) is 83.4 Å². The van der Waals surface area contributed by atoms with E-state index in [0.29, 0.717) is 22.0 Å². The van der Waals surface area contributed by atoms with Crippen LogP contribution in [0.5, 0.6) is 5.75 Å². The number of amides is 1. The molecule has 0 atom stereocenters. The third-order valence-electron chi connectivity index (χ3n) is 4.63. The number of hydrogen-bond acceptors (Lipinski definition) is 7. The van der Waals surface area contributed by atoms with Gasteiger partial charge in [0.05, 0.1) is 10.2 Å². The first-order valence-electron chi connectivity index (χ1n) is 10.4. The molecule has 0 spiro atoms. The number of para-hydroxylation sites is 1. The number of fused-ring (bicyclic) bond motifs is 1. The Morgan fingerprint density at radius 1 is 1.18 bits per heavy atom. The minimum Gasteiger partial charge on any atom is -0.481 e. The molecule has 0 bridgehead atoms. The van der Waals surface area contributed by atoms with Gasteiger partial charge in [-0.05, 0) is 49.0 Å². The largest absolute Gasteiger partial charge is 0.481 e. The summed E-state index contributed by atoms with van der Waals surface area (Å²) in [5, 5.41) is 6.29. The van der Waals surface area contributed by atoms with E-state index in [1.165, 1.54) is 11.3 Å². The maximum absolute atomic E-state index is 12.2. The second-order valence-electron chi connectivity index (χ2n) is 7.06. The van der Waals surface area contributed by atoms with E-state index in [4.69, 9.17) is 16.9 Å². The molecule has 0 saturated carbocycles. The Kier molecular flexibility index (Phi) is 8.74. The van der Waals surface area contributed by atoms with Gasteiger partial charge in [0.15, 0.2) is 5.13 Å². The number of nitrogens with zero attached hydrogens (tertiary/aromatic N) is 1.